The van der Waals surface area contributed by atoms with E-state index >= 15 is 0 Å². The van der Waals surface area contributed by atoms with Crippen molar-refractivity contribution in [1.82, 2.24) is 5.32 Å². The summed E-state index contributed by atoms with van der Waals surface area (Å²) < 4.78 is 28.5. The summed E-state index contributed by atoms with van der Waals surface area (Å²) in [6.45, 7) is 3.28. The zero-order valence-electron chi connectivity index (χ0n) is 11.0. The molecule has 18 heavy (non-hydrogen) atoms. The van der Waals surface area contributed by atoms with Crippen molar-refractivity contribution in [3.05, 3.63) is 0 Å². The molecule has 1 aliphatic rings. The minimum atomic E-state index is -3.15. The molecule has 0 bridgehead atoms. The van der Waals surface area contributed by atoms with Crippen LogP contribution in [0.1, 0.15) is 39.0 Å². The van der Waals surface area contributed by atoms with Crippen LogP contribution in [0.15, 0.2) is 0 Å². The van der Waals surface area contributed by atoms with E-state index in [2.05, 4.69) is 5.32 Å². The van der Waals surface area contributed by atoms with Gasteiger partial charge in [0.1, 0.15) is 0 Å². The normalized spacial score (nSPS) is 19.9. The number of esters is 1. The first kappa shape index (κ1) is 15.4. The smallest absolute Gasteiger partial charge is 0.306 e. The number of carbonyl (C=O) groups excluding carboxylic acids is 1. The first-order valence-corrected chi connectivity index (χ1v) is 8.45. The highest BCUT2D eigenvalue weighted by atomic mass is 32.2. The van der Waals surface area contributed by atoms with Gasteiger partial charge in [0.2, 0.25) is 0 Å². The largest absolute Gasteiger partial charge is 0.466 e. The third-order valence-electron chi connectivity index (χ3n) is 3.00. The number of unbranched alkanes of at least 4 members (excludes halogenated alkanes) is 1. The van der Waals surface area contributed by atoms with E-state index in [0.717, 1.165) is 32.2 Å². The van der Waals surface area contributed by atoms with Gasteiger partial charge in [-0.1, -0.05) is 13.3 Å². The molecule has 0 amide bonds. The predicted molar refractivity (Wildman–Crippen MR) is 70.2 cm³/mol. The molecule has 0 saturated carbocycles. The molecule has 0 aromatic carbocycles. The molecule has 1 atom stereocenters. The Morgan fingerprint density at radius 3 is 2.83 bits per heavy atom. The molecule has 1 unspecified atom stereocenters. The molecule has 0 radical (unpaired) electrons. The van der Waals surface area contributed by atoms with Crippen molar-refractivity contribution in [3.8, 4) is 0 Å². The maximum absolute atomic E-state index is 11.8. The summed E-state index contributed by atoms with van der Waals surface area (Å²) in [6, 6.07) is 0.0612. The third-order valence-corrected chi connectivity index (χ3v) is 4.73. The van der Waals surface area contributed by atoms with Gasteiger partial charge in [-0.15, -0.1) is 0 Å². The van der Waals surface area contributed by atoms with E-state index < -0.39 is 15.8 Å². The lowest BCUT2D eigenvalue weighted by molar-refractivity contribution is -0.143. The molecule has 106 valence electrons. The lowest BCUT2D eigenvalue weighted by Crippen LogP contribution is -2.31. The van der Waals surface area contributed by atoms with Gasteiger partial charge >= 0.3 is 5.97 Å². The number of sulfone groups is 1. The van der Waals surface area contributed by atoms with E-state index in [-0.39, 0.29) is 24.0 Å². The molecule has 0 aromatic rings. The van der Waals surface area contributed by atoms with Gasteiger partial charge in [0.25, 0.3) is 0 Å². The maximum Gasteiger partial charge on any atom is 0.306 e. The van der Waals surface area contributed by atoms with Crippen molar-refractivity contribution in [3.63, 3.8) is 0 Å². The van der Waals surface area contributed by atoms with Crippen molar-refractivity contribution < 1.29 is 17.9 Å². The Hall–Kier alpha value is -0.620. The van der Waals surface area contributed by atoms with E-state index in [1.54, 1.807) is 0 Å². The number of rotatable bonds is 8. The van der Waals surface area contributed by atoms with Gasteiger partial charge in [0.05, 0.1) is 24.5 Å². The minimum Gasteiger partial charge on any atom is -0.466 e. The molecule has 5 nitrogen and oxygen atoms in total. The fraction of sp³-hybridized carbons (Fsp3) is 0.917. The average Bonchev–Trinajstić information content (AvgIpc) is 2.79. The summed E-state index contributed by atoms with van der Waals surface area (Å²) in [7, 11) is -3.15. The molecular formula is C12H23NO4S. The van der Waals surface area contributed by atoms with Crippen LogP contribution in [-0.4, -0.2) is 45.1 Å². The second-order valence-electron chi connectivity index (χ2n) is 4.73. The van der Waals surface area contributed by atoms with Crippen LogP contribution in [0.3, 0.4) is 0 Å². The van der Waals surface area contributed by atoms with Gasteiger partial charge in [-0.25, -0.2) is 8.42 Å². The first-order chi connectivity index (χ1) is 8.53. The number of ether oxygens (including phenoxy) is 1. The topological polar surface area (TPSA) is 72.5 Å². The van der Waals surface area contributed by atoms with Crippen molar-refractivity contribution >= 4 is 15.8 Å². The van der Waals surface area contributed by atoms with Crippen LogP contribution in [-0.2, 0) is 19.4 Å². The SMILES string of the molecule is CCCCOC(=O)CCS(=O)(=O)CC1CCCN1. The van der Waals surface area contributed by atoms with Crippen LogP contribution in [0.5, 0.6) is 0 Å². The Bertz CT molecular complexity index is 347. The predicted octanol–water partition coefficient (Wildman–Crippen LogP) is 0.887. The summed E-state index contributed by atoms with van der Waals surface area (Å²) in [5.74, 6) is -0.378. The lowest BCUT2D eigenvalue weighted by Gasteiger charge is -2.10. The number of hydrogen-bond acceptors (Lipinski definition) is 5. The van der Waals surface area contributed by atoms with Gasteiger partial charge in [0, 0.05) is 6.04 Å². The zero-order chi connectivity index (χ0) is 13.4. The van der Waals surface area contributed by atoms with Crippen LogP contribution in [0, 0.1) is 0 Å². The van der Waals surface area contributed by atoms with Gasteiger partial charge in [0.15, 0.2) is 9.84 Å². The van der Waals surface area contributed by atoms with Crippen molar-refractivity contribution in [2.45, 2.75) is 45.1 Å². The molecule has 1 N–H and O–H groups in total. The Balaban J connectivity index is 2.21. The van der Waals surface area contributed by atoms with Crippen molar-refractivity contribution in [2.75, 3.05) is 24.7 Å². The molecule has 1 aliphatic heterocycles. The second kappa shape index (κ2) is 7.74. The Kier molecular flexibility index (Phi) is 6.63. The highest BCUT2D eigenvalue weighted by Gasteiger charge is 2.22. The van der Waals surface area contributed by atoms with Crippen molar-refractivity contribution in [2.24, 2.45) is 0 Å². The lowest BCUT2D eigenvalue weighted by atomic mass is 10.3. The Morgan fingerprint density at radius 1 is 1.44 bits per heavy atom. The van der Waals surface area contributed by atoms with Crippen LogP contribution in [0.2, 0.25) is 0 Å². The number of hydrogen-bond donors (Lipinski definition) is 1. The van der Waals surface area contributed by atoms with E-state index in [4.69, 9.17) is 4.74 Å². The summed E-state index contributed by atoms with van der Waals surface area (Å²) in [5.41, 5.74) is 0. The minimum absolute atomic E-state index is 0.0290. The van der Waals surface area contributed by atoms with E-state index in [0.29, 0.717) is 6.61 Å². The number of nitrogens with one attached hydrogen (secondary N) is 1. The summed E-state index contributed by atoms with van der Waals surface area (Å²) >= 11 is 0. The van der Waals surface area contributed by atoms with Crippen LogP contribution in [0.25, 0.3) is 0 Å². The van der Waals surface area contributed by atoms with Gasteiger partial charge in [-0.3, -0.25) is 4.79 Å². The van der Waals surface area contributed by atoms with Gasteiger partial charge < -0.3 is 10.1 Å². The fourth-order valence-corrected chi connectivity index (χ4v) is 3.47. The average molecular weight is 277 g/mol. The quantitative estimate of drug-likeness (QED) is 0.527. The maximum atomic E-state index is 11.8. The molecule has 0 aromatic heterocycles. The molecule has 1 fully saturated rings. The summed E-state index contributed by atoms with van der Waals surface area (Å²) in [6.07, 6.45) is 3.68. The summed E-state index contributed by atoms with van der Waals surface area (Å²) in [5, 5.41) is 3.15. The highest BCUT2D eigenvalue weighted by Crippen LogP contribution is 2.09. The van der Waals surface area contributed by atoms with Crippen LogP contribution in [0.4, 0.5) is 0 Å². The van der Waals surface area contributed by atoms with Crippen molar-refractivity contribution in [1.29, 1.82) is 0 Å². The molecule has 1 saturated heterocycles. The summed E-state index contributed by atoms with van der Waals surface area (Å²) in [4.78, 5) is 11.3. The molecule has 1 heterocycles. The van der Waals surface area contributed by atoms with Gasteiger partial charge in [-0.05, 0) is 25.8 Å². The fourth-order valence-electron chi connectivity index (χ4n) is 1.93. The second-order valence-corrected chi connectivity index (χ2v) is 6.96. The molecule has 0 aliphatic carbocycles. The number of carbonyl (C=O) groups is 1. The third kappa shape index (κ3) is 6.35. The van der Waals surface area contributed by atoms with Crippen LogP contribution < -0.4 is 5.32 Å². The van der Waals surface area contributed by atoms with E-state index in [1.165, 1.54) is 0 Å². The first-order valence-electron chi connectivity index (χ1n) is 6.63. The Labute approximate surface area is 109 Å². The molecule has 6 heteroatoms. The van der Waals surface area contributed by atoms with Crippen LogP contribution >= 0.6 is 0 Å². The Morgan fingerprint density at radius 2 is 2.22 bits per heavy atom. The molecular weight excluding hydrogens is 254 g/mol. The zero-order valence-corrected chi connectivity index (χ0v) is 11.8. The highest BCUT2D eigenvalue weighted by molar-refractivity contribution is 7.91. The van der Waals surface area contributed by atoms with Gasteiger partial charge in [-0.2, -0.15) is 0 Å². The van der Waals surface area contributed by atoms with E-state index in [9.17, 15) is 13.2 Å². The molecule has 0 spiro atoms. The van der Waals surface area contributed by atoms with E-state index in [1.807, 2.05) is 6.92 Å². The standard InChI is InChI=1S/C12H23NO4S/c1-2-3-8-17-12(14)6-9-18(15,16)10-11-5-4-7-13-11/h11,13H,2-10H2,1H3. The molecule has 1 rings (SSSR count). The monoisotopic (exact) mass is 277 g/mol.